The number of amides is 2. The van der Waals surface area contributed by atoms with Gasteiger partial charge in [0.1, 0.15) is 5.75 Å². The number of para-hydroxylation sites is 2. The number of ether oxygens (including phenoxy) is 1. The number of rotatable bonds is 5. The quantitative estimate of drug-likeness (QED) is 0.879. The van der Waals surface area contributed by atoms with Gasteiger partial charge >= 0.3 is 0 Å². The number of benzene rings is 2. The summed E-state index contributed by atoms with van der Waals surface area (Å²) >= 11 is 0. The third-order valence-electron chi connectivity index (χ3n) is 4.74. The van der Waals surface area contributed by atoms with Crippen LogP contribution in [0.2, 0.25) is 0 Å². The second-order valence-electron chi connectivity index (χ2n) is 6.59. The molecule has 1 aliphatic heterocycles. The van der Waals surface area contributed by atoms with Crippen molar-refractivity contribution in [2.24, 2.45) is 0 Å². The summed E-state index contributed by atoms with van der Waals surface area (Å²) in [5.74, 6) is 0.554. The Balaban J connectivity index is 1.50. The minimum absolute atomic E-state index is 0.0153. The molecule has 27 heavy (non-hydrogen) atoms. The fourth-order valence-electron chi connectivity index (χ4n) is 3.24. The lowest BCUT2D eigenvalue weighted by Crippen LogP contribution is -2.51. The molecule has 1 N–H and O–H groups in total. The zero-order valence-corrected chi connectivity index (χ0v) is 15.8. The van der Waals surface area contributed by atoms with Gasteiger partial charge in [0.15, 0.2) is 0 Å². The fraction of sp³-hybridized carbons (Fsp3) is 0.333. The smallest absolute Gasteiger partial charge is 0.251 e. The Labute approximate surface area is 159 Å². The van der Waals surface area contributed by atoms with E-state index in [4.69, 9.17) is 4.74 Å². The van der Waals surface area contributed by atoms with Crippen molar-refractivity contribution in [3.8, 4) is 5.75 Å². The maximum absolute atomic E-state index is 12.4. The second-order valence-corrected chi connectivity index (χ2v) is 6.59. The summed E-state index contributed by atoms with van der Waals surface area (Å²) in [5, 5.41) is 2.72. The number of hydrogen-bond donors (Lipinski definition) is 1. The molecule has 3 rings (SSSR count). The molecule has 0 radical (unpaired) electrons. The third-order valence-corrected chi connectivity index (χ3v) is 4.74. The first-order valence-electron chi connectivity index (χ1n) is 9.09. The zero-order chi connectivity index (χ0) is 19.2. The van der Waals surface area contributed by atoms with Crippen LogP contribution in [0.3, 0.4) is 0 Å². The summed E-state index contributed by atoms with van der Waals surface area (Å²) in [5.41, 5.74) is 2.63. The molecule has 2 aromatic carbocycles. The molecule has 0 atom stereocenters. The second kappa shape index (κ2) is 8.58. The Hall–Kier alpha value is -3.02. The lowest BCUT2D eigenvalue weighted by molar-refractivity contribution is -0.130. The first-order chi connectivity index (χ1) is 13.1. The van der Waals surface area contributed by atoms with Gasteiger partial charge in [-0.25, -0.2) is 0 Å². The first kappa shape index (κ1) is 18.8. The van der Waals surface area contributed by atoms with Gasteiger partial charge in [-0.2, -0.15) is 0 Å². The van der Waals surface area contributed by atoms with Crippen LogP contribution in [0.5, 0.6) is 5.75 Å². The highest BCUT2D eigenvalue weighted by molar-refractivity contribution is 5.96. The van der Waals surface area contributed by atoms with Crippen LogP contribution < -0.4 is 15.0 Å². The van der Waals surface area contributed by atoms with Gasteiger partial charge in [-0.3, -0.25) is 9.59 Å². The van der Waals surface area contributed by atoms with E-state index in [1.165, 1.54) is 0 Å². The molecule has 0 saturated carbocycles. The molecule has 2 aromatic rings. The number of nitrogens with one attached hydrogen (secondary N) is 1. The third kappa shape index (κ3) is 4.58. The Kier molecular flexibility index (Phi) is 5.96. The summed E-state index contributed by atoms with van der Waals surface area (Å²) in [4.78, 5) is 28.6. The van der Waals surface area contributed by atoms with Crippen LogP contribution in [0.15, 0.2) is 48.5 Å². The van der Waals surface area contributed by atoms with Gasteiger partial charge in [0.2, 0.25) is 5.91 Å². The lowest BCUT2D eigenvalue weighted by atomic mass is 10.1. The Morgan fingerprint density at radius 1 is 1.04 bits per heavy atom. The van der Waals surface area contributed by atoms with Crippen LogP contribution >= 0.6 is 0 Å². The van der Waals surface area contributed by atoms with E-state index in [1.54, 1.807) is 18.1 Å². The van der Waals surface area contributed by atoms with Gasteiger partial charge < -0.3 is 19.9 Å². The molecule has 1 fully saturated rings. The fourth-order valence-corrected chi connectivity index (χ4v) is 3.24. The highest BCUT2D eigenvalue weighted by Crippen LogP contribution is 2.28. The number of carbonyl (C=O) groups is 2. The topological polar surface area (TPSA) is 61.9 Å². The van der Waals surface area contributed by atoms with Gasteiger partial charge in [0.25, 0.3) is 5.91 Å². The van der Waals surface area contributed by atoms with Crippen molar-refractivity contribution >= 4 is 17.5 Å². The zero-order valence-electron chi connectivity index (χ0n) is 15.8. The van der Waals surface area contributed by atoms with E-state index in [2.05, 4.69) is 10.2 Å². The average Bonchev–Trinajstić information content (AvgIpc) is 2.71. The highest BCUT2D eigenvalue weighted by atomic mass is 16.5. The molecule has 0 unspecified atom stereocenters. The molecule has 1 saturated heterocycles. The Morgan fingerprint density at radius 3 is 2.48 bits per heavy atom. The van der Waals surface area contributed by atoms with Crippen molar-refractivity contribution in [3.05, 3.63) is 59.7 Å². The number of piperazine rings is 1. The van der Waals surface area contributed by atoms with Crippen LogP contribution in [0.25, 0.3) is 0 Å². The van der Waals surface area contributed by atoms with Crippen LogP contribution in [0, 0.1) is 6.92 Å². The molecule has 2 amide bonds. The molecule has 0 aromatic heterocycles. The molecule has 1 heterocycles. The summed E-state index contributed by atoms with van der Waals surface area (Å²) in [7, 11) is 1.66. The summed E-state index contributed by atoms with van der Waals surface area (Å²) in [6.45, 7) is 4.66. The van der Waals surface area contributed by atoms with E-state index in [-0.39, 0.29) is 18.4 Å². The highest BCUT2D eigenvalue weighted by Gasteiger charge is 2.23. The van der Waals surface area contributed by atoms with Crippen LogP contribution in [-0.2, 0) is 4.79 Å². The summed E-state index contributed by atoms with van der Waals surface area (Å²) < 4.78 is 5.42. The molecule has 6 heteroatoms. The SMILES string of the molecule is COc1ccccc1N1CCN(C(=O)CNC(=O)c2cccc(C)c2)CC1. The molecule has 0 aliphatic carbocycles. The van der Waals surface area contributed by atoms with Crippen molar-refractivity contribution in [1.82, 2.24) is 10.2 Å². The first-order valence-corrected chi connectivity index (χ1v) is 9.09. The lowest BCUT2D eigenvalue weighted by Gasteiger charge is -2.36. The number of nitrogens with zero attached hydrogens (tertiary/aromatic N) is 2. The van der Waals surface area contributed by atoms with Crippen LogP contribution in [-0.4, -0.2) is 56.5 Å². The van der Waals surface area contributed by atoms with E-state index in [0.717, 1.165) is 30.1 Å². The predicted molar refractivity (Wildman–Crippen MR) is 105 cm³/mol. The largest absolute Gasteiger partial charge is 0.495 e. The van der Waals surface area contributed by atoms with Crippen LogP contribution in [0.1, 0.15) is 15.9 Å². The van der Waals surface area contributed by atoms with E-state index in [0.29, 0.717) is 18.7 Å². The number of carbonyl (C=O) groups excluding carboxylic acids is 2. The molecule has 6 nitrogen and oxygen atoms in total. The standard InChI is InChI=1S/C21H25N3O3/c1-16-6-5-7-17(14-16)21(26)22-15-20(25)24-12-10-23(11-13-24)18-8-3-4-9-19(18)27-2/h3-9,14H,10-13,15H2,1-2H3,(H,22,26). The van der Waals surface area contributed by atoms with E-state index in [9.17, 15) is 9.59 Å². The number of aryl methyl sites for hydroxylation is 1. The van der Waals surface area contributed by atoms with Crippen molar-refractivity contribution in [1.29, 1.82) is 0 Å². The minimum atomic E-state index is -0.222. The normalized spacial score (nSPS) is 14.0. The Bertz CT molecular complexity index is 814. The van der Waals surface area contributed by atoms with Gasteiger partial charge in [-0.1, -0.05) is 29.8 Å². The summed E-state index contributed by atoms with van der Waals surface area (Å²) in [6.07, 6.45) is 0. The van der Waals surface area contributed by atoms with Crippen molar-refractivity contribution in [2.45, 2.75) is 6.92 Å². The van der Waals surface area contributed by atoms with Gasteiger partial charge in [0.05, 0.1) is 19.3 Å². The number of hydrogen-bond acceptors (Lipinski definition) is 4. The maximum atomic E-state index is 12.4. The van der Waals surface area contributed by atoms with E-state index < -0.39 is 0 Å². The molecular weight excluding hydrogens is 342 g/mol. The predicted octanol–water partition coefficient (Wildman–Crippen LogP) is 2.08. The van der Waals surface area contributed by atoms with Gasteiger partial charge in [-0.15, -0.1) is 0 Å². The monoisotopic (exact) mass is 367 g/mol. The molecule has 142 valence electrons. The van der Waals surface area contributed by atoms with Gasteiger partial charge in [0, 0.05) is 31.7 Å². The van der Waals surface area contributed by atoms with Crippen molar-refractivity contribution < 1.29 is 14.3 Å². The van der Waals surface area contributed by atoms with Crippen molar-refractivity contribution in [3.63, 3.8) is 0 Å². The Morgan fingerprint density at radius 2 is 1.78 bits per heavy atom. The van der Waals surface area contributed by atoms with E-state index >= 15 is 0 Å². The molecule has 1 aliphatic rings. The molecular formula is C21H25N3O3. The maximum Gasteiger partial charge on any atom is 0.251 e. The molecule has 0 bridgehead atoms. The average molecular weight is 367 g/mol. The van der Waals surface area contributed by atoms with E-state index in [1.807, 2.05) is 49.4 Å². The van der Waals surface area contributed by atoms with Crippen LogP contribution in [0.4, 0.5) is 5.69 Å². The van der Waals surface area contributed by atoms with Gasteiger partial charge in [-0.05, 0) is 31.2 Å². The minimum Gasteiger partial charge on any atom is -0.495 e. The summed E-state index contributed by atoms with van der Waals surface area (Å²) in [6, 6.07) is 15.2. The number of anilines is 1. The van der Waals surface area contributed by atoms with Crippen molar-refractivity contribution in [2.75, 3.05) is 44.7 Å². The molecule has 0 spiro atoms. The number of methoxy groups -OCH3 is 1.